The first-order chi connectivity index (χ1) is 13.4. The summed E-state index contributed by atoms with van der Waals surface area (Å²) in [4.78, 5) is 6.23. The molecule has 0 saturated heterocycles. The Hall–Kier alpha value is -2.45. The SMILES string of the molecule is CCNC(=NCCS(=O)(=O)NCc1ccccc1)N(C)Cc1cccc(F)c1. The Balaban J connectivity index is 1.91. The smallest absolute Gasteiger partial charge is 0.213 e. The summed E-state index contributed by atoms with van der Waals surface area (Å²) in [5.41, 5.74) is 1.71. The van der Waals surface area contributed by atoms with E-state index in [4.69, 9.17) is 0 Å². The van der Waals surface area contributed by atoms with Gasteiger partial charge in [-0.05, 0) is 30.2 Å². The number of guanidine groups is 1. The van der Waals surface area contributed by atoms with E-state index >= 15 is 0 Å². The fraction of sp³-hybridized carbons (Fsp3) is 0.350. The van der Waals surface area contributed by atoms with E-state index in [9.17, 15) is 12.8 Å². The predicted octanol–water partition coefficient (Wildman–Crippen LogP) is 2.34. The Morgan fingerprint density at radius 2 is 1.82 bits per heavy atom. The third-order valence-corrected chi connectivity index (χ3v) is 5.27. The first kappa shape index (κ1) is 21.8. The topological polar surface area (TPSA) is 73.8 Å². The maximum atomic E-state index is 13.4. The molecule has 0 unspecified atom stereocenters. The molecule has 2 N–H and O–H groups in total. The maximum absolute atomic E-state index is 13.4. The minimum Gasteiger partial charge on any atom is -0.357 e. The second kappa shape index (κ2) is 10.8. The van der Waals surface area contributed by atoms with Gasteiger partial charge in [-0.3, -0.25) is 4.99 Å². The number of sulfonamides is 1. The van der Waals surface area contributed by atoms with Crippen LogP contribution in [0.5, 0.6) is 0 Å². The van der Waals surface area contributed by atoms with Crippen LogP contribution in [0.1, 0.15) is 18.1 Å². The molecule has 0 spiro atoms. The highest BCUT2D eigenvalue weighted by Gasteiger charge is 2.11. The molecule has 0 aromatic heterocycles. The molecule has 2 aromatic rings. The zero-order valence-corrected chi connectivity index (χ0v) is 17.0. The van der Waals surface area contributed by atoms with Gasteiger partial charge in [0, 0.05) is 26.7 Å². The van der Waals surface area contributed by atoms with Gasteiger partial charge in [0.2, 0.25) is 10.0 Å². The molecule has 152 valence electrons. The standard InChI is InChI=1S/C20H27FN4O2S/c1-3-22-20(25(2)16-18-10-7-11-19(21)14-18)23-12-13-28(26,27)24-15-17-8-5-4-6-9-17/h4-11,14,24H,3,12-13,15-16H2,1-2H3,(H,22,23). The summed E-state index contributed by atoms with van der Waals surface area (Å²) < 4.78 is 40.3. The first-order valence-electron chi connectivity index (χ1n) is 9.15. The number of benzene rings is 2. The van der Waals surface area contributed by atoms with Gasteiger partial charge in [0.05, 0.1) is 12.3 Å². The first-order valence-corrected chi connectivity index (χ1v) is 10.8. The van der Waals surface area contributed by atoms with Crippen molar-refractivity contribution >= 4 is 16.0 Å². The molecule has 0 atom stereocenters. The molecule has 0 bridgehead atoms. The molecule has 0 fully saturated rings. The lowest BCUT2D eigenvalue weighted by Gasteiger charge is -2.22. The average Bonchev–Trinajstić information content (AvgIpc) is 2.66. The number of hydrogen-bond acceptors (Lipinski definition) is 3. The highest BCUT2D eigenvalue weighted by Crippen LogP contribution is 2.06. The van der Waals surface area contributed by atoms with Crippen LogP contribution in [0.4, 0.5) is 4.39 Å². The third-order valence-electron chi connectivity index (χ3n) is 3.97. The normalized spacial score (nSPS) is 12.0. The van der Waals surface area contributed by atoms with Crippen LogP contribution in [0.2, 0.25) is 0 Å². The van der Waals surface area contributed by atoms with E-state index in [2.05, 4.69) is 15.0 Å². The van der Waals surface area contributed by atoms with Gasteiger partial charge in [0.15, 0.2) is 5.96 Å². The Kier molecular flexibility index (Phi) is 8.41. The lowest BCUT2D eigenvalue weighted by atomic mass is 10.2. The molecule has 0 aliphatic carbocycles. The second-order valence-electron chi connectivity index (χ2n) is 6.35. The highest BCUT2D eigenvalue weighted by molar-refractivity contribution is 7.89. The largest absolute Gasteiger partial charge is 0.357 e. The number of halogens is 1. The van der Waals surface area contributed by atoms with E-state index in [1.165, 1.54) is 12.1 Å². The van der Waals surface area contributed by atoms with Crippen LogP contribution in [0.15, 0.2) is 59.6 Å². The molecule has 0 amide bonds. The molecule has 2 rings (SSSR count). The molecule has 2 aromatic carbocycles. The summed E-state index contributed by atoms with van der Waals surface area (Å²) in [6.45, 7) is 3.42. The molecule has 0 heterocycles. The highest BCUT2D eigenvalue weighted by atomic mass is 32.2. The van der Waals surface area contributed by atoms with Crippen LogP contribution in [-0.2, 0) is 23.1 Å². The molecule has 8 heteroatoms. The maximum Gasteiger partial charge on any atom is 0.213 e. The van der Waals surface area contributed by atoms with Crippen molar-refractivity contribution < 1.29 is 12.8 Å². The van der Waals surface area contributed by atoms with Gasteiger partial charge < -0.3 is 10.2 Å². The second-order valence-corrected chi connectivity index (χ2v) is 8.27. The van der Waals surface area contributed by atoms with Crippen LogP contribution in [0.25, 0.3) is 0 Å². The van der Waals surface area contributed by atoms with E-state index in [0.29, 0.717) is 19.0 Å². The van der Waals surface area contributed by atoms with Crippen molar-refractivity contribution in [3.8, 4) is 0 Å². The van der Waals surface area contributed by atoms with Crippen LogP contribution in [-0.4, -0.2) is 45.2 Å². The van der Waals surface area contributed by atoms with Crippen LogP contribution in [0.3, 0.4) is 0 Å². The van der Waals surface area contributed by atoms with Gasteiger partial charge >= 0.3 is 0 Å². The summed E-state index contributed by atoms with van der Waals surface area (Å²) in [5.74, 6) is 0.177. The van der Waals surface area contributed by atoms with E-state index in [0.717, 1.165) is 11.1 Å². The van der Waals surface area contributed by atoms with E-state index in [-0.39, 0.29) is 24.7 Å². The Bertz CT molecular complexity index is 873. The summed E-state index contributed by atoms with van der Waals surface area (Å²) in [6, 6.07) is 15.7. The van der Waals surface area contributed by atoms with Crippen LogP contribution in [0, 0.1) is 5.82 Å². The van der Waals surface area contributed by atoms with Crippen molar-refractivity contribution in [2.45, 2.75) is 20.0 Å². The lowest BCUT2D eigenvalue weighted by molar-refractivity contribution is 0.475. The Morgan fingerprint density at radius 3 is 2.50 bits per heavy atom. The van der Waals surface area contributed by atoms with E-state index in [1.807, 2.05) is 55.3 Å². The third kappa shape index (κ3) is 7.66. The zero-order valence-electron chi connectivity index (χ0n) is 16.2. The van der Waals surface area contributed by atoms with Crippen molar-refractivity contribution in [1.82, 2.24) is 14.9 Å². The fourth-order valence-corrected chi connectivity index (χ4v) is 3.45. The molecule has 6 nitrogen and oxygen atoms in total. The average molecular weight is 407 g/mol. The van der Waals surface area contributed by atoms with Gasteiger partial charge in [-0.25, -0.2) is 17.5 Å². The predicted molar refractivity (Wildman–Crippen MR) is 111 cm³/mol. The zero-order chi connectivity index (χ0) is 20.4. The van der Waals surface area contributed by atoms with Gasteiger partial charge in [0.25, 0.3) is 0 Å². The summed E-state index contributed by atoms with van der Waals surface area (Å²) in [6.07, 6.45) is 0. The minimum atomic E-state index is -3.43. The summed E-state index contributed by atoms with van der Waals surface area (Å²) in [5, 5.41) is 3.13. The van der Waals surface area contributed by atoms with Crippen LogP contribution < -0.4 is 10.0 Å². The minimum absolute atomic E-state index is 0.109. The number of aliphatic imine (C=N–C) groups is 1. The Morgan fingerprint density at radius 1 is 1.11 bits per heavy atom. The van der Waals surface area contributed by atoms with Crippen molar-refractivity contribution in [1.29, 1.82) is 0 Å². The number of nitrogens with one attached hydrogen (secondary N) is 2. The van der Waals surface area contributed by atoms with Gasteiger partial charge in [-0.1, -0.05) is 42.5 Å². The fourth-order valence-electron chi connectivity index (χ4n) is 2.59. The monoisotopic (exact) mass is 406 g/mol. The molecule has 0 aliphatic rings. The number of hydrogen-bond donors (Lipinski definition) is 2. The molecule has 28 heavy (non-hydrogen) atoms. The molecular weight excluding hydrogens is 379 g/mol. The molecular formula is C20H27FN4O2S. The van der Waals surface area contributed by atoms with Crippen molar-refractivity contribution in [2.24, 2.45) is 4.99 Å². The molecule has 0 saturated carbocycles. The van der Waals surface area contributed by atoms with E-state index in [1.54, 1.807) is 6.07 Å². The molecule has 0 radical (unpaired) electrons. The van der Waals surface area contributed by atoms with Gasteiger partial charge in [-0.15, -0.1) is 0 Å². The van der Waals surface area contributed by atoms with E-state index < -0.39 is 10.0 Å². The van der Waals surface area contributed by atoms with Crippen LogP contribution >= 0.6 is 0 Å². The lowest BCUT2D eigenvalue weighted by Crippen LogP contribution is -2.39. The Labute approximate surface area is 166 Å². The van der Waals surface area contributed by atoms with Gasteiger partial charge in [-0.2, -0.15) is 0 Å². The van der Waals surface area contributed by atoms with Crippen molar-refractivity contribution in [3.05, 3.63) is 71.5 Å². The molecule has 0 aliphatic heterocycles. The number of nitrogens with zero attached hydrogens (tertiary/aromatic N) is 2. The number of rotatable bonds is 9. The van der Waals surface area contributed by atoms with Crippen molar-refractivity contribution in [2.75, 3.05) is 25.9 Å². The summed E-state index contributed by atoms with van der Waals surface area (Å²) >= 11 is 0. The summed E-state index contributed by atoms with van der Waals surface area (Å²) in [7, 11) is -1.61. The quantitative estimate of drug-likeness (QED) is 0.495. The van der Waals surface area contributed by atoms with Gasteiger partial charge in [0.1, 0.15) is 5.82 Å². The van der Waals surface area contributed by atoms with Crippen molar-refractivity contribution in [3.63, 3.8) is 0 Å².